The number of amides is 1. The van der Waals surface area contributed by atoms with Crippen molar-refractivity contribution in [2.75, 3.05) is 5.32 Å². The van der Waals surface area contributed by atoms with Crippen LogP contribution in [0.15, 0.2) is 18.2 Å². The number of aryl methyl sites for hydroxylation is 1. The van der Waals surface area contributed by atoms with E-state index in [0.29, 0.717) is 17.7 Å². The van der Waals surface area contributed by atoms with E-state index in [-0.39, 0.29) is 11.7 Å². The van der Waals surface area contributed by atoms with Crippen molar-refractivity contribution in [3.05, 3.63) is 29.6 Å². The van der Waals surface area contributed by atoms with Crippen LogP contribution in [0.5, 0.6) is 0 Å². The molecule has 0 aromatic heterocycles. The zero-order chi connectivity index (χ0) is 12.1. The van der Waals surface area contributed by atoms with Gasteiger partial charge in [-0.25, -0.2) is 4.39 Å². The van der Waals surface area contributed by atoms with E-state index in [2.05, 4.69) is 5.32 Å². The van der Waals surface area contributed by atoms with Gasteiger partial charge in [-0.1, -0.05) is 19.4 Å². The number of nitrogens with one attached hydrogen (secondary N) is 1. The zero-order valence-corrected chi connectivity index (χ0v) is 9.59. The summed E-state index contributed by atoms with van der Waals surface area (Å²) in [5, 5.41) is 2.59. The maximum atomic E-state index is 13.2. The first-order chi connectivity index (χ1) is 7.54. The Balaban J connectivity index is 2.66. The van der Waals surface area contributed by atoms with Gasteiger partial charge in [-0.05, 0) is 31.0 Å². The molecule has 0 aliphatic rings. The highest BCUT2D eigenvalue weighted by atomic mass is 19.1. The number of carbonyl (C=O) groups excluding carboxylic acids is 1. The number of benzene rings is 1. The van der Waals surface area contributed by atoms with Gasteiger partial charge in [-0.15, -0.1) is 0 Å². The maximum Gasteiger partial charge on any atom is 0.241 e. The molecule has 88 valence electrons. The van der Waals surface area contributed by atoms with Crippen molar-refractivity contribution < 1.29 is 9.18 Å². The Kier molecular flexibility index (Phi) is 4.43. The lowest BCUT2D eigenvalue weighted by Gasteiger charge is -2.11. The molecule has 0 saturated carbocycles. The van der Waals surface area contributed by atoms with Crippen molar-refractivity contribution in [3.8, 4) is 0 Å². The molecule has 0 bridgehead atoms. The summed E-state index contributed by atoms with van der Waals surface area (Å²) >= 11 is 0. The van der Waals surface area contributed by atoms with Crippen molar-refractivity contribution in [3.63, 3.8) is 0 Å². The topological polar surface area (TPSA) is 55.1 Å². The van der Waals surface area contributed by atoms with Gasteiger partial charge in [0.05, 0.1) is 6.04 Å². The Hall–Kier alpha value is -1.42. The Bertz CT molecular complexity index is 379. The summed E-state index contributed by atoms with van der Waals surface area (Å²) in [5.74, 6) is -0.605. The Morgan fingerprint density at radius 3 is 2.81 bits per heavy atom. The largest absolute Gasteiger partial charge is 0.325 e. The summed E-state index contributed by atoms with van der Waals surface area (Å²) in [6.45, 7) is 3.63. The SMILES string of the molecule is CCC[C@@H](N)C(=O)Nc1ccc(C)c(F)c1. The fourth-order valence-corrected chi connectivity index (χ4v) is 1.35. The lowest BCUT2D eigenvalue weighted by molar-refractivity contribution is -0.117. The van der Waals surface area contributed by atoms with E-state index in [1.165, 1.54) is 6.07 Å². The molecule has 0 radical (unpaired) electrons. The summed E-state index contributed by atoms with van der Waals surface area (Å²) in [7, 11) is 0. The number of hydrogen-bond donors (Lipinski definition) is 2. The maximum absolute atomic E-state index is 13.2. The number of halogens is 1. The van der Waals surface area contributed by atoms with E-state index in [0.717, 1.165) is 6.42 Å². The third kappa shape index (κ3) is 3.31. The van der Waals surface area contributed by atoms with Crippen molar-refractivity contribution in [2.45, 2.75) is 32.7 Å². The van der Waals surface area contributed by atoms with Gasteiger partial charge in [0.2, 0.25) is 5.91 Å². The molecule has 0 saturated heterocycles. The molecule has 0 fully saturated rings. The van der Waals surface area contributed by atoms with Crippen LogP contribution >= 0.6 is 0 Å². The van der Waals surface area contributed by atoms with E-state index in [9.17, 15) is 9.18 Å². The second-order valence-corrected chi connectivity index (χ2v) is 3.85. The predicted octanol–water partition coefficient (Wildman–Crippen LogP) is 2.20. The van der Waals surface area contributed by atoms with Crippen molar-refractivity contribution >= 4 is 11.6 Å². The van der Waals surface area contributed by atoms with Crippen LogP contribution in [-0.4, -0.2) is 11.9 Å². The number of anilines is 1. The number of carbonyl (C=O) groups is 1. The van der Waals surface area contributed by atoms with E-state index in [4.69, 9.17) is 5.73 Å². The van der Waals surface area contributed by atoms with Gasteiger partial charge in [0.15, 0.2) is 0 Å². The molecular weight excluding hydrogens is 207 g/mol. The van der Waals surface area contributed by atoms with E-state index < -0.39 is 6.04 Å². The molecule has 0 unspecified atom stereocenters. The smallest absolute Gasteiger partial charge is 0.241 e. The molecule has 0 heterocycles. The van der Waals surface area contributed by atoms with Gasteiger partial charge in [0, 0.05) is 5.69 Å². The monoisotopic (exact) mass is 224 g/mol. The Labute approximate surface area is 94.8 Å². The lowest BCUT2D eigenvalue weighted by Crippen LogP contribution is -2.35. The molecular formula is C12H17FN2O. The minimum atomic E-state index is -0.533. The third-order valence-corrected chi connectivity index (χ3v) is 2.38. The van der Waals surface area contributed by atoms with Crippen molar-refractivity contribution in [1.82, 2.24) is 0 Å². The summed E-state index contributed by atoms with van der Waals surface area (Å²) in [5.41, 5.74) is 6.63. The molecule has 1 amide bonds. The highest BCUT2D eigenvalue weighted by Gasteiger charge is 2.12. The van der Waals surface area contributed by atoms with Crippen LogP contribution in [0.25, 0.3) is 0 Å². The van der Waals surface area contributed by atoms with Crippen LogP contribution in [0, 0.1) is 12.7 Å². The lowest BCUT2D eigenvalue weighted by atomic mass is 10.1. The number of rotatable bonds is 4. The minimum Gasteiger partial charge on any atom is -0.325 e. The molecule has 4 heteroatoms. The molecule has 1 rings (SSSR count). The van der Waals surface area contributed by atoms with Gasteiger partial charge in [-0.3, -0.25) is 4.79 Å². The van der Waals surface area contributed by atoms with Crippen molar-refractivity contribution in [1.29, 1.82) is 0 Å². The second kappa shape index (κ2) is 5.61. The van der Waals surface area contributed by atoms with E-state index in [1.54, 1.807) is 19.1 Å². The molecule has 3 nitrogen and oxygen atoms in total. The summed E-state index contributed by atoms with van der Waals surface area (Å²) in [6, 6.07) is 4.05. The van der Waals surface area contributed by atoms with Crippen LogP contribution in [0.3, 0.4) is 0 Å². The first-order valence-electron chi connectivity index (χ1n) is 5.37. The average Bonchev–Trinajstić information content (AvgIpc) is 2.24. The first kappa shape index (κ1) is 12.6. The molecule has 1 aromatic rings. The number of nitrogens with two attached hydrogens (primary N) is 1. The molecule has 3 N–H and O–H groups in total. The van der Waals surface area contributed by atoms with Gasteiger partial charge in [-0.2, -0.15) is 0 Å². The molecule has 1 aromatic carbocycles. The fraction of sp³-hybridized carbons (Fsp3) is 0.417. The summed E-state index contributed by atoms with van der Waals surface area (Å²) in [6.07, 6.45) is 1.47. The van der Waals surface area contributed by atoms with Crippen LogP contribution in [0.4, 0.5) is 10.1 Å². The average molecular weight is 224 g/mol. The molecule has 0 aliphatic heterocycles. The third-order valence-electron chi connectivity index (χ3n) is 2.38. The van der Waals surface area contributed by atoms with Crippen LogP contribution in [0.1, 0.15) is 25.3 Å². The minimum absolute atomic E-state index is 0.273. The fourth-order valence-electron chi connectivity index (χ4n) is 1.35. The Morgan fingerprint density at radius 2 is 2.25 bits per heavy atom. The van der Waals surface area contributed by atoms with Gasteiger partial charge in [0.1, 0.15) is 5.82 Å². The van der Waals surface area contributed by atoms with Crippen LogP contribution in [0.2, 0.25) is 0 Å². The predicted molar refractivity (Wildman–Crippen MR) is 62.7 cm³/mol. The first-order valence-corrected chi connectivity index (χ1v) is 5.37. The number of hydrogen-bond acceptors (Lipinski definition) is 2. The highest BCUT2D eigenvalue weighted by Crippen LogP contribution is 2.13. The highest BCUT2D eigenvalue weighted by molar-refractivity contribution is 5.94. The molecule has 1 atom stereocenters. The summed E-state index contributed by atoms with van der Waals surface area (Å²) in [4.78, 5) is 11.5. The van der Waals surface area contributed by atoms with E-state index >= 15 is 0 Å². The molecule has 0 spiro atoms. The normalized spacial score (nSPS) is 12.2. The van der Waals surface area contributed by atoms with Crippen molar-refractivity contribution in [2.24, 2.45) is 5.73 Å². The van der Waals surface area contributed by atoms with Crippen LogP contribution < -0.4 is 11.1 Å². The van der Waals surface area contributed by atoms with Gasteiger partial charge < -0.3 is 11.1 Å². The molecule has 16 heavy (non-hydrogen) atoms. The van der Waals surface area contributed by atoms with E-state index in [1.807, 2.05) is 6.92 Å². The zero-order valence-electron chi connectivity index (χ0n) is 9.59. The molecule has 0 aliphatic carbocycles. The summed E-state index contributed by atoms with van der Waals surface area (Å²) < 4.78 is 13.2. The quantitative estimate of drug-likeness (QED) is 0.823. The second-order valence-electron chi connectivity index (χ2n) is 3.85. The van der Waals surface area contributed by atoms with Gasteiger partial charge in [0.25, 0.3) is 0 Å². The Morgan fingerprint density at radius 1 is 1.56 bits per heavy atom. The standard InChI is InChI=1S/C12H17FN2O/c1-3-4-11(14)12(16)15-9-6-5-8(2)10(13)7-9/h5-7,11H,3-4,14H2,1-2H3,(H,15,16)/t11-/m1/s1. The van der Waals surface area contributed by atoms with Crippen LogP contribution in [-0.2, 0) is 4.79 Å². The van der Waals surface area contributed by atoms with Gasteiger partial charge >= 0.3 is 0 Å².